The quantitative estimate of drug-likeness (QED) is 0.113. The Morgan fingerprint density at radius 1 is 0.347 bits per heavy atom. The number of hydrogen-bond acceptors (Lipinski definition) is 2. The van der Waals surface area contributed by atoms with Crippen LogP contribution in [0.1, 0.15) is 44.9 Å². The number of nitrogens with zero attached hydrogens (tertiary/aromatic N) is 2. The van der Waals surface area contributed by atoms with Crippen molar-refractivity contribution in [2.75, 3.05) is 9.80 Å². The van der Waals surface area contributed by atoms with Crippen molar-refractivity contribution >= 4 is 74.8 Å². The van der Waals surface area contributed by atoms with Gasteiger partial charge in [0.25, 0.3) is 0 Å². The van der Waals surface area contributed by atoms with Gasteiger partial charge in [0.2, 0.25) is 0 Å². The second kappa shape index (κ2) is 20.0. The first kappa shape index (κ1) is 44.0. The highest BCUT2D eigenvalue weighted by Gasteiger charge is 2.29. The topological polar surface area (TPSA) is 6.48 Å². The summed E-state index contributed by atoms with van der Waals surface area (Å²) in [7, 11) is 0. The first-order chi connectivity index (χ1) is 35.7. The molecule has 2 nitrogen and oxygen atoms in total. The molecule has 10 aromatic carbocycles. The summed E-state index contributed by atoms with van der Waals surface area (Å²) in [6.07, 6.45) is 18.7. The van der Waals surface area contributed by atoms with Crippen molar-refractivity contribution in [3.8, 4) is 11.1 Å². The summed E-state index contributed by atoms with van der Waals surface area (Å²) < 4.78 is 0. The second-order valence-electron chi connectivity index (χ2n) is 18.5. The van der Waals surface area contributed by atoms with E-state index >= 15 is 0 Å². The van der Waals surface area contributed by atoms with Gasteiger partial charge in [-0.15, -0.1) is 0 Å². The van der Waals surface area contributed by atoms with Gasteiger partial charge in [0, 0.05) is 40.0 Å². The Morgan fingerprint density at radius 2 is 0.736 bits per heavy atom. The van der Waals surface area contributed by atoms with E-state index in [1.54, 1.807) is 0 Å². The van der Waals surface area contributed by atoms with Gasteiger partial charge in [-0.05, 0) is 157 Å². The number of para-hydroxylation sites is 2. The van der Waals surface area contributed by atoms with Crippen molar-refractivity contribution < 1.29 is 0 Å². The third-order valence-electron chi connectivity index (χ3n) is 14.0. The molecule has 0 saturated carbocycles. The van der Waals surface area contributed by atoms with Crippen LogP contribution in [0.3, 0.4) is 0 Å². The van der Waals surface area contributed by atoms with Crippen LogP contribution in [0.25, 0.3) is 51.8 Å². The molecule has 0 aliphatic heterocycles. The highest BCUT2D eigenvalue weighted by Crippen LogP contribution is 2.48. The van der Waals surface area contributed by atoms with Crippen molar-refractivity contribution in [3.05, 3.63) is 318 Å². The van der Waals surface area contributed by atoms with E-state index in [4.69, 9.17) is 0 Å². The molecule has 12 rings (SSSR count). The van der Waals surface area contributed by atoms with Crippen LogP contribution >= 0.6 is 0 Å². The first-order valence-electron chi connectivity index (χ1n) is 24.9. The average Bonchev–Trinajstić information content (AvgIpc) is 3.46. The van der Waals surface area contributed by atoms with Crippen molar-refractivity contribution in [2.45, 2.75) is 12.3 Å². The number of fused-ring (bicyclic) bond motifs is 5. The molecule has 0 heterocycles. The maximum Gasteiger partial charge on any atom is 0.0462 e. The summed E-state index contributed by atoms with van der Waals surface area (Å²) in [5, 5.41) is 2.59. The summed E-state index contributed by atoms with van der Waals surface area (Å²) in [6.45, 7) is 0. The Hall–Kier alpha value is -9.24. The third-order valence-corrected chi connectivity index (χ3v) is 14.0. The van der Waals surface area contributed by atoms with Crippen LogP contribution in [0.5, 0.6) is 0 Å². The molecule has 2 heteroatoms. The Labute approximate surface area is 423 Å². The highest BCUT2D eigenvalue weighted by molar-refractivity contribution is 6.02. The fourth-order valence-electron chi connectivity index (χ4n) is 10.5. The van der Waals surface area contributed by atoms with Crippen LogP contribution in [0, 0.1) is 0 Å². The Kier molecular flexibility index (Phi) is 12.2. The molecule has 0 N–H and O–H groups in total. The van der Waals surface area contributed by atoms with Crippen LogP contribution in [-0.4, -0.2) is 0 Å². The average molecular weight is 921 g/mol. The number of rotatable bonds is 12. The van der Waals surface area contributed by atoms with Crippen LogP contribution in [0.15, 0.2) is 279 Å². The van der Waals surface area contributed by atoms with E-state index in [2.05, 4.69) is 307 Å². The molecule has 72 heavy (non-hydrogen) atoms. The number of benzene rings is 10. The van der Waals surface area contributed by atoms with Crippen molar-refractivity contribution in [1.82, 2.24) is 0 Å². The molecular weight excluding hydrogens is 869 g/mol. The molecule has 0 spiro atoms. The summed E-state index contributed by atoms with van der Waals surface area (Å²) >= 11 is 0. The van der Waals surface area contributed by atoms with Crippen LogP contribution in [0.4, 0.5) is 34.1 Å². The zero-order valence-corrected chi connectivity index (χ0v) is 40.0. The fraction of sp³-hybridized carbons (Fsp3) is 0.0286. The molecule has 0 fully saturated rings. The molecule has 1 unspecified atom stereocenters. The summed E-state index contributed by atoms with van der Waals surface area (Å²) in [5.74, 6) is 0.142. The zero-order valence-electron chi connectivity index (χ0n) is 40.0. The van der Waals surface area contributed by atoms with Crippen LogP contribution in [0.2, 0.25) is 0 Å². The highest BCUT2D eigenvalue weighted by atomic mass is 15.1. The normalized spacial score (nSPS) is 13.9. The largest absolute Gasteiger partial charge is 0.311 e. The Balaban J connectivity index is 0.880. The lowest BCUT2D eigenvalue weighted by molar-refractivity contribution is 0.956. The zero-order chi connectivity index (χ0) is 48.1. The van der Waals surface area contributed by atoms with Gasteiger partial charge >= 0.3 is 0 Å². The Morgan fingerprint density at radius 3 is 1.22 bits per heavy atom. The van der Waals surface area contributed by atoms with E-state index in [-0.39, 0.29) is 5.92 Å². The van der Waals surface area contributed by atoms with Gasteiger partial charge in [0.05, 0.1) is 0 Å². The summed E-state index contributed by atoms with van der Waals surface area (Å²) in [4.78, 5) is 4.69. The van der Waals surface area contributed by atoms with E-state index in [9.17, 15) is 0 Å². The van der Waals surface area contributed by atoms with Crippen LogP contribution < -0.4 is 9.80 Å². The fourth-order valence-corrected chi connectivity index (χ4v) is 10.5. The lowest BCUT2D eigenvalue weighted by atomic mass is 9.72. The van der Waals surface area contributed by atoms with Gasteiger partial charge in [-0.3, -0.25) is 0 Å². The predicted molar refractivity (Wildman–Crippen MR) is 308 cm³/mol. The van der Waals surface area contributed by atoms with Crippen molar-refractivity contribution in [1.29, 1.82) is 0 Å². The predicted octanol–water partition coefficient (Wildman–Crippen LogP) is 19.0. The van der Waals surface area contributed by atoms with E-state index < -0.39 is 0 Å². The minimum atomic E-state index is 0.142. The number of anilines is 6. The van der Waals surface area contributed by atoms with Gasteiger partial charge in [-0.1, -0.05) is 218 Å². The van der Waals surface area contributed by atoms with Gasteiger partial charge in [0.1, 0.15) is 0 Å². The maximum atomic E-state index is 2.48. The minimum absolute atomic E-state index is 0.142. The summed E-state index contributed by atoms with van der Waals surface area (Å²) in [6, 6.07) is 89.8. The van der Waals surface area contributed by atoms with Crippen LogP contribution in [-0.2, 0) is 6.42 Å². The second-order valence-corrected chi connectivity index (χ2v) is 18.5. The summed E-state index contributed by atoms with van der Waals surface area (Å²) in [5.41, 5.74) is 20.6. The molecule has 0 amide bonds. The minimum Gasteiger partial charge on any atom is -0.311 e. The van der Waals surface area contributed by atoms with Crippen molar-refractivity contribution in [3.63, 3.8) is 0 Å². The molecule has 10 aromatic rings. The molecular formula is C70H52N2. The lowest BCUT2D eigenvalue weighted by Crippen LogP contribution is -2.15. The molecule has 2 aliphatic rings. The van der Waals surface area contributed by atoms with E-state index in [1.807, 2.05) is 0 Å². The van der Waals surface area contributed by atoms with Gasteiger partial charge in [-0.25, -0.2) is 0 Å². The maximum absolute atomic E-state index is 2.48. The molecule has 0 saturated heterocycles. The molecule has 0 aromatic heterocycles. The molecule has 0 bridgehead atoms. The first-order valence-corrected chi connectivity index (χ1v) is 24.9. The van der Waals surface area contributed by atoms with Gasteiger partial charge in [0.15, 0.2) is 0 Å². The van der Waals surface area contributed by atoms with E-state index in [0.29, 0.717) is 0 Å². The SMILES string of the molecule is C1=CC2=C(c3ccc(N(c4ccc(C=Cc5ccccc5)cc4)c4ccc(C=Cc5ccccc5)cc4)cc3)Cc3c(cc(-c4ccc(N(c5ccccc5)c5ccccc5)cc4)c4ccccc34)C2C=C1. The Bertz CT molecular complexity index is 3510. The molecule has 342 valence electrons. The molecule has 2 aliphatic carbocycles. The van der Waals surface area contributed by atoms with E-state index in [1.165, 1.54) is 60.9 Å². The molecule has 1 atom stereocenters. The van der Waals surface area contributed by atoms with Gasteiger partial charge in [-0.2, -0.15) is 0 Å². The van der Waals surface area contributed by atoms with Crippen molar-refractivity contribution in [2.24, 2.45) is 0 Å². The lowest BCUT2D eigenvalue weighted by Gasteiger charge is -2.32. The third kappa shape index (κ3) is 9.06. The smallest absolute Gasteiger partial charge is 0.0462 e. The number of hydrogen-bond donors (Lipinski definition) is 0. The number of allylic oxidation sites excluding steroid dienone is 6. The van der Waals surface area contributed by atoms with Gasteiger partial charge < -0.3 is 9.80 Å². The standard InChI is InChI=1S/C70H52N2/c1-5-17-51(18-6-1)29-31-53-33-41-59(42-34-53)72(60-43-35-54(36-44-60)32-30-52-19-7-2-8-20-52)62-47-39-56(40-48-62)68-50-70-65-27-15-13-25-63(65)67(49-69(70)66-28-16-14-26-64(66)68)55-37-45-61(46-38-55)71(57-21-9-3-10-22-57)58-23-11-4-12-24-58/h1-49,66H,50H2. The van der Waals surface area contributed by atoms with E-state index in [0.717, 1.165) is 51.7 Å². The molecule has 0 radical (unpaired) electrons. The monoisotopic (exact) mass is 920 g/mol.